The van der Waals surface area contributed by atoms with E-state index >= 15 is 0 Å². The van der Waals surface area contributed by atoms with E-state index < -0.39 is 0 Å². The van der Waals surface area contributed by atoms with Crippen molar-refractivity contribution in [3.8, 4) is 17.6 Å². The molecule has 0 saturated heterocycles. The summed E-state index contributed by atoms with van der Waals surface area (Å²) in [5.41, 5.74) is 2.00. The van der Waals surface area contributed by atoms with Crippen LogP contribution in [0.4, 0.5) is 5.69 Å². The Balaban J connectivity index is 1.59. The number of amides is 1. The molecular formula is C21H15N3O2. The topological polar surface area (TPSA) is 75.0 Å². The van der Waals surface area contributed by atoms with Crippen LogP contribution in [0.2, 0.25) is 0 Å². The molecule has 5 heteroatoms. The van der Waals surface area contributed by atoms with Crippen molar-refractivity contribution in [2.45, 2.75) is 0 Å². The highest BCUT2D eigenvalue weighted by Gasteiger charge is 2.01. The molecule has 0 spiro atoms. The van der Waals surface area contributed by atoms with Crippen LogP contribution in [0.5, 0.6) is 11.5 Å². The summed E-state index contributed by atoms with van der Waals surface area (Å²) in [4.78, 5) is 15.9. The van der Waals surface area contributed by atoms with Crippen molar-refractivity contribution in [2.75, 3.05) is 5.32 Å². The number of pyridine rings is 1. The van der Waals surface area contributed by atoms with Crippen LogP contribution in [0.3, 0.4) is 0 Å². The molecule has 0 aliphatic heterocycles. The zero-order chi connectivity index (χ0) is 18.2. The number of carbonyl (C=O) groups is 1. The number of carbonyl (C=O) groups excluding carboxylic acids is 1. The molecule has 3 aromatic rings. The van der Waals surface area contributed by atoms with Gasteiger partial charge in [-0.3, -0.25) is 9.78 Å². The standard InChI is InChI=1S/C21H15N3O2/c22-15-17-3-1-2-16(14-17)4-9-21(25)24-18-5-7-19(8-6-18)26-20-10-12-23-13-11-20/h1-14H,(H,24,25)/b9-4+. The van der Waals surface area contributed by atoms with Gasteiger partial charge < -0.3 is 10.1 Å². The molecule has 0 aliphatic rings. The van der Waals surface area contributed by atoms with Crippen LogP contribution in [0, 0.1) is 11.3 Å². The van der Waals surface area contributed by atoms with Crippen molar-refractivity contribution in [1.82, 2.24) is 4.98 Å². The van der Waals surface area contributed by atoms with Crippen LogP contribution < -0.4 is 10.1 Å². The van der Waals surface area contributed by atoms with Gasteiger partial charge in [-0.2, -0.15) is 5.26 Å². The lowest BCUT2D eigenvalue weighted by molar-refractivity contribution is -0.111. The first-order chi connectivity index (χ1) is 12.7. The van der Waals surface area contributed by atoms with E-state index in [9.17, 15) is 4.79 Å². The lowest BCUT2D eigenvalue weighted by Gasteiger charge is -2.07. The largest absolute Gasteiger partial charge is 0.457 e. The number of anilines is 1. The van der Waals surface area contributed by atoms with Gasteiger partial charge in [-0.1, -0.05) is 12.1 Å². The van der Waals surface area contributed by atoms with Crippen LogP contribution in [0.15, 0.2) is 79.1 Å². The van der Waals surface area contributed by atoms with Gasteiger partial charge in [-0.25, -0.2) is 0 Å². The van der Waals surface area contributed by atoms with Crippen molar-refractivity contribution in [2.24, 2.45) is 0 Å². The molecule has 0 atom stereocenters. The Bertz CT molecular complexity index is 959. The van der Waals surface area contributed by atoms with E-state index in [1.54, 1.807) is 73.1 Å². The fourth-order valence-electron chi connectivity index (χ4n) is 2.22. The molecule has 0 aliphatic carbocycles. The zero-order valence-electron chi connectivity index (χ0n) is 13.8. The van der Waals surface area contributed by atoms with Crippen LogP contribution in [0.25, 0.3) is 6.08 Å². The third kappa shape index (κ3) is 4.79. The van der Waals surface area contributed by atoms with E-state index in [0.29, 0.717) is 22.7 Å². The van der Waals surface area contributed by atoms with Gasteiger partial charge in [0.05, 0.1) is 11.6 Å². The molecule has 1 heterocycles. The number of aromatic nitrogens is 1. The second-order valence-electron chi connectivity index (χ2n) is 5.37. The quantitative estimate of drug-likeness (QED) is 0.698. The molecule has 0 saturated carbocycles. The smallest absolute Gasteiger partial charge is 0.248 e. The molecule has 3 rings (SSSR count). The van der Waals surface area contributed by atoms with E-state index in [-0.39, 0.29) is 5.91 Å². The first-order valence-corrected chi connectivity index (χ1v) is 7.90. The molecular weight excluding hydrogens is 326 g/mol. The molecule has 1 N–H and O–H groups in total. The van der Waals surface area contributed by atoms with Gasteiger partial charge in [-0.05, 0) is 60.2 Å². The summed E-state index contributed by atoms with van der Waals surface area (Å²) in [5.74, 6) is 1.10. The Kier molecular flexibility index (Phi) is 5.38. The van der Waals surface area contributed by atoms with E-state index in [2.05, 4.69) is 16.4 Å². The highest BCUT2D eigenvalue weighted by atomic mass is 16.5. The number of hydrogen-bond acceptors (Lipinski definition) is 4. The van der Waals surface area contributed by atoms with Crippen LogP contribution in [-0.2, 0) is 4.79 Å². The monoisotopic (exact) mass is 341 g/mol. The van der Waals surface area contributed by atoms with Crippen molar-refractivity contribution in [1.29, 1.82) is 5.26 Å². The van der Waals surface area contributed by atoms with E-state index in [4.69, 9.17) is 10.00 Å². The van der Waals surface area contributed by atoms with Gasteiger partial charge in [0.2, 0.25) is 5.91 Å². The molecule has 2 aromatic carbocycles. The predicted molar refractivity (Wildman–Crippen MR) is 99.6 cm³/mol. The van der Waals surface area contributed by atoms with Gasteiger partial charge in [0.15, 0.2) is 0 Å². The minimum atomic E-state index is -0.254. The zero-order valence-corrected chi connectivity index (χ0v) is 13.8. The van der Waals surface area contributed by atoms with Crippen molar-refractivity contribution >= 4 is 17.7 Å². The summed E-state index contributed by atoms with van der Waals surface area (Å²) < 4.78 is 5.67. The summed E-state index contributed by atoms with van der Waals surface area (Å²) in [7, 11) is 0. The Labute approximate surface area is 151 Å². The number of hydrogen-bond donors (Lipinski definition) is 1. The third-order valence-electron chi connectivity index (χ3n) is 3.45. The number of nitriles is 1. The normalized spacial score (nSPS) is 10.3. The molecule has 1 amide bonds. The van der Waals surface area contributed by atoms with Gasteiger partial charge in [-0.15, -0.1) is 0 Å². The number of nitrogens with zero attached hydrogens (tertiary/aromatic N) is 2. The third-order valence-corrected chi connectivity index (χ3v) is 3.45. The van der Waals surface area contributed by atoms with Gasteiger partial charge in [0, 0.05) is 24.2 Å². The molecule has 26 heavy (non-hydrogen) atoms. The number of ether oxygens (including phenoxy) is 1. The lowest BCUT2D eigenvalue weighted by Crippen LogP contribution is -2.07. The first kappa shape index (κ1) is 16.9. The van der Waals surface area contributed by atoms with E-state index in [0.717, 1.165) is 5.56 Å². The average molecular weight is 341 g/mol. The lowest BCUT2D eigenvalue weighted by atomic mass is 10.1. The maximum atomic E-state index is 12.0. The fourth-order valence-corrected chi connectivity index (χ4v) is 2.22. The molecule has 0 fully saturated rings. The maximum absolute atomic E-state index is 12.0. The Morgan fingerprint density at radius 1 is 1.04 bits per heavy atom. The van der Waals surface area contributed by atoms with Crippen molar-refractivity contribution in [3.05, 3.63) is 90.3 Å². The fraction of sp³-hybridized carbons (Fsp3) is 0. The predicted octanol–water partition coefficient (Wildman–Crippen LogP) is 4.40. The summed E-state index contributed by atoms with van der Waals surface area (Å²) in [6.07, 6.45) is 6.40. The SMILES string of the molecule is N#Cc1cccc(/C=C/C(=O)Nc2ccc(Oc3ccncc3)cc2)c1. The number of benzene rings is 2. The Morgan fingerprint density at radius 2 is 1.77 bits per heavy atom. The van der Waals surface area contributed by atoms with Crippen molar-refractivity contribution < 1.29 is 9.53 Å². The number of rotatable bonds is 5. The second kappa shape index (κ2) is 8.27. The number of nitrogens with one attached hydrogen (secondary N) is 1. The minimum Gasteiger partial charge on any atom is -0.457 e. The summed E-state index contributed by atoms with van der Waals surface area (Å²) in [6, 6.07) is 19.7. The van der Waals surface area contributed by atoms with Crippen LogP contribution in [-0.4, -0.2) is 10.9 Å². The molecule has 1 aromatic heterocycles. The van der Waals surface area contributed by atoms with Crippen LogP contribution >= 0.6 is 0 Å². The van der Waals surface area contributed by atoms with Gasteiger partial charge in [0.1, 0.15) is 11.5 Å². The Morgan fingerprint density at radius 3 is 2.50 bits per heavy atom. The van der Waals surface area contributed by atoms with Gasteiger partial charge in [0.25, 0.3) is 0 Å². The van der Waals surface area contributed by atoms with Gasteiger partial charge >= 0.3 is 0 Å². The van der Waals surface area contributed by atoms with Crippen molar-refractivity contribution in [3.63, 3.8) is 0 Å². The minimum absolute atomic E-state index is 0.254. The first-order valence-electron chi connectivity index (χ1n) is 7.90. The average Bonchev–Trinajstić information content (AvgIpc) is 2.69. The second-order valence-corrected chi connectivity index (χ2v) is 5.37. The molecule has 5 nitrogen and oxygen atoms in total. The molecule has 126 valence electrons. The molecule has 0 unspecified atom stereocenters. The summed E-state index contributed by atoms with van der Waals surface area (Å²) >= 11 is 0. The molecule has 0 bridgehead atoms. The summed E-state index contributed by atoms with van der Waals surface area (Å²) in [5, 5.41) is 11.7. The van der Waals surface area contributed by atoms with Crippen LogP contribution in [0.1, 0.15) is 11.1 Å². The van der Waals surface area contributed by atoms with E-state index in [1.165, 1.54) is 6.08 Å². The maximum Gasteiger partial charge on any atom is 0.248 e. The highest BCUT2D eigenvalue weighted by molar-refractivity contribution is 6.01. The van der Waals surface area contributed by atoms with E-state index in [1.807, 2.05) is 6.07 Å². The highest BCUT2D eigenvalue weighted by Crippen LogP contribution is 2.22. The summed E-state index contributed by atoms with van der Waals surface area (Å²) in [6.45, 7) is 0. The molecule has 0 radical (unpaired) electrons. The Hall–Kier alpha value is -3.91.